The highest BCUT2D eigenvalue weighted by atomic mass is 16.5. The molecule has 0 heterocycles. The van der Waals surface area contributed by atoms with Crippen molar-refractivity contribution in [2.75, 3.05) is 13.7 Å². The van der Waals surface area contributed by atoms with Gasteiger partial charge in [-0.1, -0.05) is 26.0 Å². The normalized spacial score (nSPS) is 14.1. The molecule has 0 radical (unpaired) electrons. The van der Waals surface area contributed by atoms with Gasteiger partial charge in [0.15, 0.2) is 0 Å². The number of rotatable bonds is 7. The second-order valence-corrected chi connectivity index (χ2v) is 5.89. The Morgan fingerprint density at radius 1 is 1.35 bits per heavy atom. The summed E-state index contributed by atoms with van der Waals surface area (Å²) in [5, 5.41) is 13.4. The van der Waals surface area contributed by atoms with Crippen LogP contribution in [-0.2, 0) is 11.3 Å². The van der Waals surface area contributed by atoms with Crippen LogP contribution < -0.4 is 5.32 Å². The molecule has 0 fully saturated rings. The van der Waals surface area contributed by atoms with E-state index in [0.29, 0.717) is 24.6 Å². The molecular weight excluding hydrogens is 254 g/mol. The zero-order valence-electron chi connectivity index (χ0n) is 12.8. The van der Waals surface area contributed by atoms with Gasteiger partial charge in [-0.3, -0.25) is 0 Å². The highest BCUT2D eigenvalue weighted by molar-refractivity contribution is 5.89. The molecule has 4 nitrogen and oxygen atoms in total. The Morgan fingerprint density at radius 3 is 2.45 bits per heavy atom. The minimum atomic E-state index is -0.694. The number of ether oxygens (including phenoxy) is 1. The van der Waals surface area contributed by atoms with Crippen molar-refractivity contribution < 1.29 is 14.6 Å². The molecule has 1 aromatic rings. The molecule has 1 unspecified atom stereocenters. The lowest BCUT2D eigenvalue weighted by Gasteiger charge is -2.25. The van der Waals surface area contributed by atoms with E-state index in [1.165, 1.54) is 7.11 Å². The summed E-state index contributed by atoms with van der Waals surface area (Å²) in [4.78, 5) is 11.3. The standard InChI is InChI=1S/C16H25NO3/c1-12(2)9-16(3,19)11-17-10-13-5-7-14(8-6-13)15(18)20-4/h5-8,12,17,19H,9-11H2,1-4H3. The minimum absolute atomic E-state index is 0.329. The molecule has 112 valence electrons. The molecule has 0 bridgehead atoms. The summed E-state index contributed by atoms with van der Waals surface area (Å²) in [6.07, 6.45) is 0.765. The Bertz CT molecular complexity index is 424. The van der Waals surface area contributed by atoms with Gasteiger partial charge in [0.05, 0.1) is 18.3 Å². The molecule has 0 amide bonds. The van der Waals surface area contributed by atoms with Gasteiger partial charge >= 0.3 is 5.97 Å². The predicted octanol–water partition coefficient (Wildman–Crippen LogP) is 2.36. The highest BCUT2D eigenvalue weighted by Crippen LogP contribution is 2.15. The molecule has 0 saturated heterocycles. The van der Waals surface area contributed by atoms with Gasteiger partial charge in [-0.15, -0.1) is 0 Å². The molecule has 0 aliphatic carbocycles. The van der Waals surface area contributed by atoms with Crippen molar-refractivity contribution in [2.24, 2.45) is 5.92 Å². The number of carbonyl (C=O) groups excluding carboxylic acids is 1. The van der Waals surface area contributed by atoms with E-state index >= 15 is 0 Å². The predicted molar refractivity (Wildman–Crippen MR) is 79.6 cm³/mol. The third kappa shape index (κ3) is 5.72. The van der Waals surface area contributed by atoms with Crippen LogP contribution in [-0.4, -0.2) is 30.3 Å². The van der Waals surface area contributed by atoms with Gasteiger partial charge in [0.2, 0.25) is 0 Å². The van der Waals surface area contributed by atoms with Crippen molar-refractivity contribution in [3.63, 3.8) is 0 Å². The smallest absolute Gasteiger partial charge is 0.337 e. The summed E-state index contributed by atoms with van der Waals surface area (Å²) < 4.78 is 4.65. The van der Waals surface area contributed by atoms with Crippen LogP contribution in [0, 0.1) is 5.92 Å². The summed E-state index contributed by atoms with van der Waals surface area (Å²) >= 11 is 0. The van der Waals surface area contributed by atoms with Crippen LogP contribution in [0.1, 0.15) is 43.1 Å². The van der Waals surface area contributed by atoms with E-state index in [4.69, 9.17) is 0 Å². The summed E-state index contributed by atoms with van der Waals surface area (Å²) in [6.45, 7) is 7.25. The average Bonchev–Trinajstić information content (AvgIpc) is 2.37. The number of hydrogen-bond acceptors (Lipinski definition) is 4. The van der Waals surface area contributed by atoms with Crippen molar-refractivity contribution >= 4 is 5.97 Å². The fourth-order valence-corrected chi connectivity index (χ4v) is 2.30. The second-order valence-electron chi connectivity index (χ2n) is 5.89. The fraction of sp³-hybridized carbons (Fsp3) is 0.562. The molecule has 1 aromatic carbocycles. The van der Waals surface area contributed by atoms with Gasteiger partial charge in [0.1, 0.15) is 0 Å². The Morgan fingerprint density at radius 2 is 1.95 bits per heavy atom. The first kappa shape index (κ1) is 16.7. The number of hydrogen-bond donors (Lipinski definition) is 2. The summed E-state index contributed by atoms with van der Waals surface area (Å²) in [5.74, 6) is 0.135. The molecule has 0 aromatic heterocycles. The summed E-state index contributed by atoms with van der Waals surface area (Å²) in [5.41, 5.74) is 0.918. The van der Waals surface area contributed by atoms with E-state index in [2.05, 4.69) is 23.9 Å². The number of esters is 1. The maximum atomic E-state index is 11.3. The Labute approximate surface area is 121 Å². The largest absolute Gasteiger partial charge is 0.465 e. The van der Waals surface area contributed by atoms with E-state index < -0.39 is 5.60 Å². The maximum Gasteiger partial charge on any atom is 0.337 e. The zero-order chi connectivity index (χ0) is 15.2. The fourth-order valence-electron chi connectivity index (χ4n) is 2.30. The van der Waals surface area contributed by atoms with Gasteiger partial charge in [-0.05, 0) is 37.0 Å². The molecule has 4 heteroatoms. The SMILES string of the molecule is COC(=O)c1ccc(CNCC(C)(O)CC(C)C)cc1. The molecule has 2 N–H and O–H groups in total. The van der Waals surface area contributed by atoms with Crippen molar-refractivity contribution in [3.8, 4) is 0 Å². The first-order chi connectivity index (χ1) is 9.34. The molecule has 1 atom stereocenters. The lowest BCUT2D eigenvalue weighted by Crippen LogP contribution is -2.38. The third-order valence-corrected chi connectivity index (χ3v) is 3.06. The number of methoxy groups -OCH3 is 1. The van der Waals surface area contributed by atoms with Crippen LogP contribution in [0.3, 0.4) is 0 Å². The lowest BCUT2D eigenvalue weighted by molar-refractivity contribution is 0.0383. The topological polar surface area (TPSA) is 58.6 Å². The van der Waals surface area contributed by atoms with E-state index in [9.17, 15) is 9.90 Å². The lowest BCUT2D eigenvalue weighted by atomic mass is 9.94. The first-order valence-corrected chi connectivity index (χ1v) is 6.94. The number of nitrogens with one attached hydrogen (secondary N) is 1. The van der Waals surface area contributed by atoms with Crippen LogP contribution in [0.25, 0.3) is 0 Å². The maximum absolute atomic E-state index is 11.3. The van der Waals surface area contributed by atoms with Gasteiger partial charge in [0, 0.05) is 13.1 Å². The number of aliphatic hydroxyl groups is 1. The number of benzene rings is 1. The zero-order valence-corrected chi connectivity index (χ0v) is 12.8. The van der Waals surface area contributed by atoms with E-state index in [1.54, 1.807) is 12.1 Å². The summed E-state index contributed by atoms with van der Waals surface area (Å²) in [7, 11) is 1.37. The molecule has 0 spiro atoms. The quantitative estimate of drug-likeness (QED) is 0.752. The molecule has 0 saturated carbocycles. The minimum Gasteiger partial charge on any atom is -0.465 e. The highest BCUT2D eigenvalue weighted by Gasteiger charge is 2.20. The molecule has 0 aliphatic rings. The van der Waals surface area contributed by atoms with Gasteiger partial charge in [0.25, 0.3) is 0 Å². The van der Waals surface area contributed by atoms with Crippen molar-refractivity contribution in [1.82, 2.24) is 5.32 Å². The van der Waals surface area contributed by atoms with E-state index in [1.807, 2.05) is 19.1 Å². The van der Waals surface area contributed by atoms with Gasteiger partial charge in [-0.25, -0.2) is 4.79 Å². The molecule has 1 rings (SSSR count). The third-order valence-electron chi connectivity index (χ3n) is 3.06. The van der Waals surface area contributed by atoms with Crippen LogP contribution in [0.5, 0.6) is 0 Å². The molecule has 20 heavy (non-hydrogen) atoms. The first-order valence-electron chi connectivity index (χ1n) is 6.94. The Balaban J connectivity index is 2.44. The van der Waals surface area contributed by atoms with Gasteiger partial charge in [-0.2, -0.15) is 0 Å². The van der Waals surface area contributed by atoms with E-state index in [-0.39, 0.29) is 5.97 Å². The van der Waals surface area contributed by atoms with Crippen LogP contribution in [0.4, 0.5) is 0 Å². The van der Waals surface area contributed by atoms with Crippen molar-refractivity contribution in [1.29, 1.82) is 0 Å². The van der Waals surface area contributed by atoms with Gasteiger partial charge < -0.3 is 15.2 Å². The van der Waals surface area contributed by atoms with Crippen LogP contribution in [0.15, 0.2) is 24.3 Å². The second kappa shape index (κ2) is 7.41. The molecular formula is C16H25NO3. The monoisotopic (exact) mass is 279 g/mol. The summed E-state index contributed by atoms with van der Waals surface area (Å²) in [6, 6.07) is 7.26. The van der Waals surface area contributed by atoms with Crippen molar-refractivity contribution in [2.45, 2.75) is 39.3 Å². The van der Waals surface area contributed by atoms with E-state index in [0.717, 1.165) is 12.0 Å². The number of carbonyl (C=O) groups is 1. The Kier molecular flexibility index (Phi) is 6.17. The molecule has 0 aliphatic heterocycles. The Hall–Kier alpha value is -1.39. The van der Waals surface area contributed by atoms with Crippen LogP contribution >= 0.6 is 0 Å². The average molecular weight is 279 g/mol. The van der Waals surface area contributed by atoms with Crippen LogP contribution in [0.2, 0.25) is 0 Å². The van der Waals surface area contributed by atoms with Crippen molar-refractivity contribution in [3.05, 3.63) is 35.4 Å².